The fourth-order valence-corrected chi connectivity index (χ4v) is 1.61. The average molecular weight is 306 g/mol. The third kappa shape index (κ3) is 4.12. The predicted octanol–water partition coefficient (Wildman–Crippen LogP) is 3.03. The van der Waals surface area contributed by atoms with E-state index in [1.165, 1.54) is 0 Å². The summed E-state index contributed by atoms with van der Waals surface area (Å²) >= 11 is 9.20. The van der Waals surface area contributed by atoms with E-state index in [4.69, 9.17) is 17.3 Å². The quantitative estimate of drug-likeness (QED) is 0.898. The van der Waals surface area contributed by atoms with Crippen LogP contribution in [0.5, 0.6) is 0 Å². The summed E-state index contributed by atoms with van der Waals surface area (Å²) in [5.41, 5.74) is 6.15. The second kappa shape index (κ2) is 6.23. The lowest BCUT2D eigenvalue weighted by Gasteiger charge is -2.09. The van der Waals surface area contributed by atoms with E-state index in [0.717, 1.165) is 4.47 Å². The van der Waals surface area contributed by atoms with Gasteiger partial charge in [0.05, 0.1) is 5.02 Å². The van der Waals surface area contributed by atoms with Crippen LogP contribution in [0.15, 0.2) is 22.7 Å². The summed E-state index contributed by atoms with van der Waals surface area (Å²) in [5.74, 6) is 0.141. The molecule has 0 bridgehead atoms. The van der Waals surface area contributed by atoms with Crippen molar-refractivity contribution < 1.29 is 4.79 Å². The Morgan fingerprint density at radius 3 is 2.88 bits per heavy atom. The Kier molecular flexibility index (Phi) is 5.25. The Morgan fingerprint density at radius 2 is 2.31 bits per heavy atom. The maximum Gasteiger partial charge on any atom is 0.224 e. The number of benzene rings is 1. The zero-order valence-corrected chi connectivity index (χ0v) is 11.3. The summed E-state index contributed by atoms with van der Waals surface area (Å²) in [6.45, 7) is 2.45. The molecule has 3 nitrogen and oxygen atoms in total. The van der Waals surface area contributed by atoms with Crippen LogP contribution in [0, 0.1) is 5.92 Å². The third-order valence-corrected chi connectivity index (χ3v) is 3.37. The van der Waals surface area contributed by atoms with Crippen molar-refractivity contribution in [1.82, 2.24) is 0 Å². The van der Waals surface area contributed by atoms with Crippen molar-refractivity contribution in [2.24, 2.45) is 11.7 Å². The molecule has 0 aliphatic carbocycles. The van der Waals surface area contributed by atoms with Crippen LogP contribution in [-0.2, 0) is 4.79 Å². The van der Waals surface area contributed by atoms with Crippen LogP contribution in [0.3, 0.4) is 0 Å². The highest BCUT2D eigenvalue weighted by molar-refractivity contribution is 9.10. The first-order valence-corrected chi connectivity index (χ1v) is 6.15. The Balaban J connectivity index is 2.59. The molecule has 1 amide bonds. The van der Waals surface area contributed by atoms with Gasteiger partial charge in [0, 0.05) is 16.6 Å². The van der Waals surface area contributed by atoms with Crippen LogP contribution in [0.2, 0.25) is 5.02 Å². The summed E-state index contributed by atoms with van der Waals surface area (Å²) < 4.78 is 0.808. The number of halogens is 2. The van der Waals surface area contributed by atoms with E-state index in [1.807, 2.05) is 6.92 Å². The Bertz CT molecular complexity index is 384. The molecule has 0 aromatic heterocycles. The second-order valence-corrected chi connectivity index (χ2v) is 4.98. The molecule has 0 saturated heterocycles. The first-order chi connectivity index (χ1) is 7.52. The molecule has 0 heterocycles. The number of carbonyl (C=O) groups is 1. The summed E-state index contributed by atoms with van der Waals surface area (Å²) in [4.78, 5) is 11.6. The van der Waals surface area contributed by atoms with E-state index < -0.39 is 0 Å². The fraction of sp³-hybridized carbons (Fsp3) is 0.364. The number of nitrogens with one attached hydrogen (secondary N) is 1. The summed E-state index contributed by atoms with van der Waals surface area (Å²) in [5, 5.41) is 3.35. The topological polar surface area (TPSA) is 55.1 Å². The van der Waals surface area contributed by atoms with Crippen LogP contribution in [-0.4, -0.2) is 12.5 Å². The highest BCUT2D eigenvalue weighted by Crippen LogP contribution is 2.25. The molecule has 3 N–H and O–H groups in total. The van der Waals surface area contributed by atoms with Crippen LogP contribution >= 0.6 is 27.5 Å². The molecule has 0 aliphatic heterocycles. The Morgan fingerprint density at radius 1 is 1.62 bits per heavy atom. The molecular formula is C11H14BrClN2O. The molecular weight excluding hydrogens is 291 g/mol. The van der Waals surface area contributed by atoms with Gasteiger partial charge in [-0.2, -0.15) is 0 Å². The summed E-state index contributed by atoms with van der Waals surface area (Å²) in [6.07, 6.45) is 0.421. The predicted molar refractivity (Wildman–Crippen MR) is 70.6 cm³/mol. The lowest BCUT2D eigenvalue weighted by atomic mass is 10.1. The Labute approximate surface area is 108 Å². The van der Waals surface area contributed by atoms with Gasteiger partial charge >= 0.3 is 0 Å². The molecule has 0 radical (unpaired) electrons. The zero-order valence-electron chi connectivity index (χ0n) is 8.97. The van der Waals surface area contributed by atoms with Gasteiger partial charge < -0.3 is 11.1 Å². The maximum absolute atomic E-state index is 11.6. The van der Waals surface area contributed by atoms with Gasteiger partial charge in [0.1, 0.15) is 0 Å². The molecule has 0 saturated carbocycles. The van der Waals surface area contributed by atoms with E-state index in [0.29, 0.717) is 23.7 Å². The molecule has 0 fully saturated rings. The van der Waals surface area contributed by atoms with E-state index in [1.54, 1.807) is 18.2 Å². The van der Waals surface area contributed by atoms with Gasteiger partial charge in [-0.3, -0.25) is 4.79 Å². The minimum atomic E-state index is -0.0451. The van der Waals surface area contributed by atoms with E-state index in [9.17, 15) is 4.79 Å². The molecule has 0 spiro atoms. The smallest absolute Gasteiger partial charge is 0.224 e. The van der Waals surface area contributed by atoms with Crippen molar-refractivity contribution in [2.75, 3.05) is 11.9 Å². The Hall–Kier alpha value is -0.580. The molecule has 1 aromatic carbocycles. The van der Waals surface area contributed by atoms with E-state index in [-0.39, 0.29) is 11.8 Å². The molecule has 0 aliphatic rings. The van der Waals surface area contributed by atoms with Crippen LogP contribution in [0.4, 0.5) is 5.69 Å². The molecule has 16 heavy (non-hydrogen) atoms. The molecule has 5 heteroatoms. The maximum atomic E-state index is 11.6. The van der Waals surface area contributed by atoms with Crippen molar-refractivity contribution >= 4 is 39.1 Å². The number of nitrogens with two attached hydrogens (primary N) is 1. The fourth-order valence-electron chi connectivity index (χ4n) is 1.19. The van der Waals surface area contributed by atoms with Gasteiger partial charge in [0.15, 0.2) is 0 Å². The standard InChI is InChI=1S/C11H14BrClN2O/c1-7(6-14)4-11(16)15-8-2-3-9(12)10(13)5-8/h2-3,5,7H,4,6,14H2,1H3,(H,15,16). The van der Waals surface area contributed by atoms with Gasteiger partial charge in [-0.1, -0.05) is 18.5 Å². The number of carbonyl (C=O) groups excluding carboxylic acids is 1. The van der Waals surface area contributed by atoms with Gasteiger partial charge in [-0.15, -0.1) is 0 Å². The van der Waals surface area contributed by atoms with E-state index in [2.05, 4.69) is 21.2 Å². The van der Waals surface area contributed by atoms with Crippen molar-refractivity contribution in [3.63, 3.8) is 0 Å². The van der Waals surface area contributed by atoms with Gasteiger partial charge in [0.2, 0.25) is 5.91 Å². The molecule has 1 atom stereocenters. The number of hydrogen-bond donors (Lipinski definition) is 2. The molecule has 1 aromatic rings. The second-order valence-electron chi connectivity index (χ2n) is 3.72. The zero-order chi connectivity index (χ0) is 12.1. The van der Waals surface area contributed by atoms with Crippen LogP contribution < -0.4 is 11.1 Å². The number of hydrogen-bond acceptors (Lipinski definition) is 2. The highest BCUT2D eigenvalue weighted by atomic mass is 79.9. The van der Waals surface area contributed by atoms with Crippen molar-refractivity contribution in [3.8, 4) is 0 Å². The monoisotopic (exact) mass is 304 g/mol. The van der Waals surface area contributed by atoms with Crippen molar-refractivity contribution in [2.45, 2.75) is 13.3 Å². The molecule has 88 valence electrons. The first kappa shape index (κ1) is 13.5. The van der Waals surface area contributed by atoms with Crippen LogP contribution in [0.1, 0.15) is 13.3 Å². The van der Waals surface area contributed by atoms with Gasteiger partial charge in [0.25, 0.3) is 0 Å². The van der Waals surface area contributed by atoms with Crippen LogP contribution in [0.25, 0.3) is 0 Å². The van der Waals surface area contributed by atoms with Crippen molar-refractivity contribution in [1.29, 1.82) is 0 Å². The SMILES string of the molecule is CC(CN)CC(=O)Nc1ccc(Br)c(Cl)c1. The number of amides is 1. The summed E-state index contributed by atoms with van der Waals surface area (Å²) in [7, 11) is 0. The molecule has 1 rings (SSSR count). The minimum Gasteiger partial charge on any atom is -0.330 e. The molecule has 1 unspecified atom stereocenters. The lowest BCUT2D eigenvalue weighted by Crippen LogP contribution is -2.20. The number of rotatable bonds is 4. The highest BCUT2D eigenvalue weighted by Gasteiger charge is 2.08. The summed E-state index contributed by atoms with van der Waals surface area (Å²) in [6, 6.07) is 5.29. The minimum absolute atomic E-state index is 0.0451. The van der Waals surface area contributed by atoms with E-state index >= 15 is 0 Å². The largest absolute Gasteiger partial charge is 0.330 e. The van der Waals surface area contributed by atoms with Gasteiger partial charge in [-0.25, -0.2) is 0 Å². The normalized spacial score (nSPS) is 12.2. The number of anilines is 1. The first-order valence-electron chi connectivity index (χ1n) is 4.98. The lowest BCUT2D eigenvalue weighted by molar-refractivity contribution is -0.116. The van der Waals surface area contributed by atoms with Gasteiger partial charge in [-0.05, 0) is 46.6 Å². The average Bonchev–Trinajstić information content (AvgIpc) is 2.23. The third-order valence-electron chi connectivity index (χ3n) is 2.14. The van der Waals surface area contributed by atoms with Crippen molar-refractivity contribution in [3.05, 3.63) is 27.7 Å².